The first-order valence-corrected chi connectivity index (χ1v) is 5.16. The molecule has 0 saturated heterocycles. The SMILES string of the molecule is O=C=NCC1(CN=C=O)CCCC(F)(F)C1(F)F. The summed E-state index contributed by atoms with van der Waals surface area (Å²) in [6.07, 6.45) is 0.668. The van der Waals surface area contributed by atoms with Crippen LogP contribution in [0.4, 0.5) is 17.6 Å². The third kappa shape index (κ3) is 2.21. The average Bonchev–Trinajstić information content (AvgIpc) is 2.30. The highest BCUT2D eigenvalue weighted by molar-refractivity contribution is 5.34. The molecule has 1 saturated carbocycles. The summed E-state index contributed by atoms with van der Waals surface area (Å²) in [6.45, 7) is -1.69. The van der Waals surface area contributed by atoms with E-state index in [1.54, 1.807) is 0 Å². The van der Waals surface area contributed by atoms with Crippen molar-refractivity contribution >= 4 is 12.2 Å². The number of isocyanates is 2. The Balaban J connectivity index is 3.21. The van der Waals surface area contributed by atoms with E-state index in [0.717, 1.165) is 12.2 Å². The number of carbonyl (C=O) groups excluding carboxylic acids is 2. The zero-order chi connectivity index (χ0) is 13.9. The maximum absolute atomic E-state index is 13.8. The standard InChI is InChI=1S/C10H10F4N2O2/c11-9(12)3-1-2-8(4-15-6-17,5-16-7-18)10(9,13)14/h1-5H2. The van der Waals surface area contributed by atoms with Crippen molar-refractivity contribution in [1.29, 1.82) is 0 Å². The van der Waals surface area contributed by atoms with Crippen LogP contribution in [0, 0.1) is 5.41 Å². The lowest BCUT2D eigenvalue weighted by Gasteiger charge is -2.45. The van der Waals surface area contributed by atoms with E-state index in [4.69, 9.17) is 0 Å². The van der Waals surface area contributed by atoms with Gasteiger partial charge in [-0.15, -0.1) is 0 Å². The number of nitrogens with zero attached hydrogens (tertiary/aromatic N) is 2. The number of alkyl halides is 4. The summed E-state index contributed by atoms with van der Waals surface area (Å²) >= 11 is 0. The Morgan fingerprint density at radius 3 is 1.89 bits per heavy atom. The Bertz CT molecular complexity index is 392. The molecule has 0 atom stereocenters. The molecule has 0 heterocycles. The van der Waals surface area contributed by atoms with E-state index in [1.807, 2.05) is 0 Å². The maximum Gasteiger partial charge on any atom is 0.319 e. The van der Waals surface area contributed by atoms with Crippen molar-refractivity contribution in [2.75, 3.05) is 13.1 Å². The minimum absolute atomic E-state index is 0.161. The number of aliphatic imine (C=N–C) groups is 2. The van der Waals surface area contributed by atoms with Gasteiger partial charge in [-0.25, -0.2) is 19.6 Å². The molecule has 0 unspecified atom stereocenters. The summed E-state index contributed by atoms with van der Waals surface area (Å²) in [4.78, 5) is 26.0. The Labute approximate surface area is 99.8 Å². The van der Waals surface area contributed by atoms with Crippen LogP contribution in [-0.2, 0) is 9.59 Å². The molecule has 18 heavy (non-hydrogen) atoms. The third-order valence-electron chi connectivity index (χ3n) is 3.16. The summed E-state index contributed by atoms with van der Waals surface area (Å²) in [5, 5.41) is 0. The van der Waals surface area contributed by atoms with Gasteiger partial charge in [-0.05, 0) is 12.8 Å². The molecule has 0 aliphatic heterocycles. The van der Waals surface area contributed by atoms with Crippen LogP contribution < -0.4 is 0 Å². The van der Waals surface area contributed by atoms with E-state index in [0.29, 0.717) is 0 Å². The second-order valence-electron chi connectivity index (χ2n) is 4.23. The van der Waals surface area contributed by atoms with E-state index < -0.39 is 36.8 Å². The van der Waals surface area contributed by atoms with E-state index in [2.05, 4.69) is 9.98 Å². The first kappa shape index (κ1) is 14.5. The summed E-state index contributed by atoms with van der Waals surface area (Å²) in [6, 6.07) is 0. The molecule has 100 valence electrons. The van der Waals surface area contributed by atoms with E-state index >= 15 is 0 Å². The number of hydrogen-bond acceptors (Lipinski definition) is 4. The Morgan fingerprint density at radius 1 is 0.944 bits per heavy atom. The van der Waals surface area contributed by atoms with Gasteiger partial charge in [0.25, 0.3) is 0 Å². The average molecular weight is 266 g/mol. The van der Waals surface area contributed by atoms with Crippen molar-refractivity contribution in [3.05, 3.63) is 0 Å². The lowest BCUT2D eigenvalue weighted by molar-refractivity contribution is -0.284. The van der Waals surface area contributed by atoms with Gasteiger partial charge in [0.05, 0.1) is 18.5 Å². The molecule has 1 rings (SSSR count). The van der Waals surface area contributed by atoms with Crippen LogP contribution in [0.1, 0.15) is 19.3 Å². The second kappa shape index (κ2) is 5.00. The zero-order valence-corrected chi connectivity index (χ0v) is 9.26. The maximum atomic E-state index is 13.8. The summed E-state index contributed by atoms with van der Waals surface area (Å²) in [7, 11) is 0. The second-order valence-corrected chi connectivity index (χ2v) is 4.23. The molecule has 0 amide bonds. The van der Waals surface area contributed by atoms with Crippen LogP contribution >= 0.6 is 0 Å². The summed E-state index contributed by atoms with van der Waals surface area (Å²) in [5.41, 5.74) is -2.33. The molecule has 1 aliphatic carbocycles. The molecule has 1 aliphatic rings. The van der Waals surface area contributed by atoms with Crippen LogP contribution in [0.3, 0.4) is 0 Å². The fourth-order valence-electron chi connectivity index (χ4n) is 2.12. The van der Waals surface area contributed by atoms with Crippen molar-refractivity contribution in [2.24, 2.45) is 15.4 Å². The van der Waals surface area contributed by atoms with E-state index in [9.17, 15) is 27.2 Å². The Morgan fingerprint density at radius 2 is 1.44 bits per heavy atom. The van der Waals surface area contributed by atoms with Gasteiger partial charge >= 0.3 is 11.8 Å². The van der Waals surface area contributed by atoms with Crippen molar-refractivity contribution in [3.8, 4) is 0 Å². The monoisotopic (exact) mass is 266 g/mol. The summed E-state index contributed by atoms with van der Waals surface area (Å²) < 4.78 is 54.2. The van der Waals surface area contributed by atoms with Crippen molar-refractivity contribution < 1.29 is 27.2 Å². The minimum Gasteiger partial charge on any atom is -0.211 e. The van der Waals surface area contributed by atoms with Crippen molar-refractivity contribution in [3.63, 3.8) is 0 Å². The van der Waals surface area contributed by atoms with E-state index in [-0.39, 0.29) is 12.8 Å². The third-order valence-corrected chi connectivity index (χ3v) is 3.16. The fraction of sp³-hybridized carbons (Fsp3) is 0.800. The highest BCUT2D eigenvalue weighted by Gasteiger charge is 2.70. The zero-order valence-electron chi connectivity index (χ0n) is 9.26. The first-order chi connectivity index (χ1) is 8.33. The van der Waals surface area contributed by atoms with Gasteiger partial charge in [0.15, 0.2) is 0 Å². The molecular weight excluding hydrogens is 256 g/mol. The predicted molar refractivity (Wildman–Crippen MR) is 52.2 cm³/mol. The van der Waals surface area contributed by atoms with Crippen LogP contribution in [0.25, 0.3) is 0 Å². The Kier molecular flexibility index (Phi) is 4.04. The van der Waals surface area contributed by atoms with Crippen LogP contribution in [0.2, 0.25) is 0 Å². The molecule has 8 heteroatoms. The first-order valence-electron chi connectivity index (χ1n) is 5.16. The molecule has 0 N–H and O–H groups in total. The quantitative estimate of drug-likeness (QED) is 0.444. The molecule has 0 aromatic carbocycles. The fourth-order valence-corrected chi connectivity index (χ4v) is 2.12. The largest absolute Gasteiger partial charge is 0.319 e. The van der Waals surface area contributed by atoms with E-state index in [1.165, 1.54) is 0 Å². The molecule has 0 aromatic heterocycles. The highest BCUT2D eigenvalue weighted by Crippen LogP contribution is 2.56. The van der Waals surface area contributed by atoms with Gasteiger partial charge in [-0.3, -0.25) is 0 Å². The molecule has 4 nitrogen and oxygen atoms in total. The van der Waals surface area contributed by atoms with Gasteiger partial charge in [-0.2, -0.15) is 17.6 Å². The normalized spacial score (nSPS) is 28.9. The molecule has 0 aromatic rings. The van der Waals surface area contributed by atoms with Crippen molar-refractivity contribution in [2.45, 2.75) is 31.1 Å². The Hall–Kier alpha value is -1.52. The highest BCUT2D eigenvalue weighted by atomic mass is 19.3. The van der Waals surface area contributed by atoms with Gasteiger partial charge in [0, 0.05) is 6.42 Å². The molecule has 0 bridgehead atoms. The van der Waals surface area contributed by atoms with Crippen LogP contribution in [0.5, 0.6) is 0 Å². The van der Waals surface area contributed by atoms with Crippen molar-refractivity contribution in [1.82, 2.24) is 0 Å². The predicted octanol–water partition coefficient (Wildman–Crippen LogP) is 2.10. The van der Waals surface area contributed by atoms with Crippen LogP contribution in [-0.4, -0.2) is 37.1 Å². The smallest absolute Gasteiger partial charge is 0.211 e. The number of halogens is 4. The van der Waals surface area contributed by atoms with Gasteiger partial charge in [0.1, 0.15) is 0 Å². The van der Waals surface area contributed by atoms with Gasteiger partial charge in [-0.1, -0.05) is 0 Å². The summed E-state index contributed by atoms with van der Waals surface area (Å²) in [5.74, 6) is -8.60. The number of hydrogen-bond donors (Lipinski definition) is 0. The molecular formula is C10H10F4N2O2. The lowest BCUT2D eigenvalue weighted by Crippen LogP contribution is -2.59. The molecule has 0 radical (unpaired) electrons. The van der Waals surface area contributed by atoms with Crippen LogP contribution in [0.15, 0.2) is 9.98 Å². The topological polar surface area (TPSA) is 58.9 Å². The minimum atomic E-state index is -4.39. The van der Waals surface area contributed by atoms with Gasteiger partial charge < -0.3 is 0 Å². The lowest BCUT2D eigenvalue weighted by atomic mass is 9.69. The van der Waals surface area contributed by atoms with Gasteiger partial charge in [0.2, 0.25) is 12.2 Å². The molecule has 1 fully saturated rings. The molecule has 0 spiro atoms. The number of rotatable bonds is 4.